The number of nitrogens with zero attached hydrogens (tertiary/aromatic N) is 2. The average molecular weight is 422 g/mol. The van der Waals surface area contributed by atoms with Gasteiger partial charge in [-0.05, 0) is 17.7 Å². The van der Waals surface area contributed by atoms with Crippen LogP contribution >= 0.6 is 11.6 Å². The first kappa shape index (κ1) is 21.8. The highest BCUT2D eigenvalue weighted by Gasteiger charge is 2.57. The number of alkyl halides is 3. The number of carbonyl (C=O) groups excluding carboxylic acids is 2. The normalized spacial score (nSPS) is 13.8. The third-order valence-electron chi connectivity index (χ3n) is 4.03. The van der Waals surface area contributed by atoms with Crippen molar-refractivity contribution in [2.75, 3.05) is 6.54 Å². The molecular formula is C17H16ClF4N3O3. The maximum atomic E-state index is 13.4. The van der Waals surface area contributed by atoms with Crippen LogP contribution in [-0.4, -0.2) is 39.1 Å². The van der Waals surface area contributed by atoms with Gasteiger partial charge in [-0.1, -0.05) is 17.7 Å². The summed E-state index contributed by atoms with van der Waals surface area (Å²) in [5.74, 6) is -3.54. The predicted molar refractivity (Wildman–Crippen MR) is 90.9 cm³/mol. The molecule has 6 nitrogen and oxygen atoms in total. The van der Waals surface area contributed by atoms with Gasteiger partial charge in [0.15, 0.2) is 0 Å². The van der Waals surface area contributed by atoms with Gasteiger partial charge in [0.05, 0.1) is 5.02 Å². The van der Waals surface area contributed by atoms with E-state index in [9.17, 15) is 32.3 Å². The van der Waals surface area contributed by atoms with Crippen molar-refractivity contribution in [3.63, 3.8) is 0 Å². The number of imidazole rings is 1. The predicted octanol–water partition coefficient (Wildman–Crippen LogP) is 2.28. The zero-order valence-corrected chi connectivity index (χ0v) is 15.3. The van der Waals surface area contributed by atoms with Crippen LogP contribution in [0.5, 0.6) is 0 Å². The second kappa shape index (κ2) is 8.27. The first-order chi connectivity index (χ1) is 13.0. The van der Waals surface area contributed by atoms with Gasteiger partial charge in [0.1, 0.15) is 11.6 Å². The van der Waals surface area contributed by atoms with E-state index < -0.39 is 54.5 Å². The number of Topliss-reactive ketones (excluding diaryl/α,β-unsaturated/α-hetero) is 1. The maximum Gasteiger partial charge on any atom is 0.424 e. The van der Waals surface area contributed by atoms with Crippen LogP contribution in [0.3, 0.4) is 0 Å². The first-order valence-corrected chi connectivity index (χ1v) is 8.35. The summed E-state index contributed by atoms with van der Waals surface area (Å²) in [4.78, 5) is 27.2. The zero-order valence-electron chi connectivity index (χ0n) is 14.6. The molecule has 1 amide bonds. The summed E-state index contributed by atoms with van der Waals surface area (Å²) in [6.07, 6.45) is -4.13. The number of halogens is 5. The molecule has 1 heterocycles. The van der Waals surface area contributed by atoms with Gasteiger partial charge in [0.2, 0.25) is 11.4 Å². The molecule has 1 aromatic carbocycles. The summed E-state index contributed by atoms with van der Waals surface area (Å²) in [6.45, 7) is -0.636. The quantitative estimate of drug-likeness (QED) is 0.530. The highest BCUT2D eigenvalue weighted by molar-refractivity contribution is 6.36. The Morgan fingerprint density at radius 3 is 2.54 bits per heavy atom. The molecule has 152 valence electrons. The maximum absolute atomic E-state index is 13.4. The lowest BCUT2D eigenvalue weighted by atomic mass is 9.97. The minimum atomic E-state index is -5.05. The van der Waals surface area contributed by atoms with Crippen LogP contribution in [0.4, 0.5) is 17.6 Å². The lowest BCUT2D eigenvalue weighted by Gasteiger charge is -2.29. The molecule has 0 aliphatic carbocycles. The molecule has 0 aliphatic rings. The topological polar surface area (TPSA) is 84.2 Å². The SMILES string of the molecule is Cn1ccnc1C(O)(CCNC(=O)C(=O)Cc1ccc(Cl)c(F)c1)C(F)(F)F. The van der Waals surface area contributed by atoms with Gasteiger partial charge in [-0.2, -0.15) is 13.2 Å². The van der Waals surface area contributed by atoms with Gasteiger partial charge in [0, 0.05) is 38.8 Å². The van der Waals surface area contributed by atoms with Crippen LogP contribution in [0.1, 0.15) is 17.8 Å². The van der Waals surface area contributed by atoms with Crippen molar-refractivity contribution in [3.8, 4) is 0 Å². The van der Waals surface area contributed by atoms with Crippen LogP contribution in [0.2, 0.25) is 5.02 Å². The first-order valence-electron chi connectivity index (χ1n) is 7.97. The number of carbonyl (C=O) groups is 2. The Labute approximate surface area is 162 Å². The molecule has 2 N–H and O–H groups in total. The van der Waals surface area contributed by atoms with Crippen LogP contribution in [0.15, 0.2) is 30.6 Å². The fourth-order valence-electron chi connectivity index (χ4n) is 2.52. The van der Waals surface area contributed by atoms with E-state index in [-0.39, 0.29) is 10.6 Å². The molecule has 0 radical (unpaired) electrons. The van der Waals surface area contributed by atoms with E-state index in [0.29, 0.717) is 0 Å². The van der Waals surface area contributed by atoms with Crippen LogP contribution < -0.4 is 5.32 Å². The van der Waals surface area contributed by atoms with Crippen molar-refractivity contribution < 1.29 is 32.3 Å². The minimum Gasteiger partial charge on any atom is -0.374 e. The van der Waals surface area contributed by atoms with Crippen molar-refractivity contribution in [1.82, 2.24) is 14.9 Å². The number of ketones is 1. The fraction of sp³-hybridized carbons (Fsp3) is 0.353. The molecule has 0 saturated carbocycles. The van der Waals surface area contributed by atoms with Crippen LogP contribution in [0, 0.1) is 5.82 Å². The number of rotatable bonds is 7. The van der Waals surface area contributed by atoms with Gasteiger partial charge < -0.3 is 15.0 Å². The molecule has 0 spiro atoms. The Hall–Kier alpha value is -2.46. The molecule has 11 heteroatoms. The summed E-state index contributed by atoms with van der Waals surface area (Å²) in [7, 11) is 1.28. The highest BCUT2D eigenvalue weighted by atomic mass is 35.5. The molecule has 1 atom stereocenters. The number of benzene rings is 1. The molecule has 2 aromatic rings. The van der Waals surface area contributed by atoms with Gasteiger partial charge in [-0.25, -0.2) is 9.37 Å². The second-order valence-electron chi connectivity index (χ2n) is 6.07. The molecule has 0 fully saturated rings. The van der Waals surface area contributed by atoms with E-state index >= 15 is 0 Å². The monoisotopic (exact) mass is 421 g/mol. The number of aliphatic hydroxyl groups is 1. The lowest BCUT2D eigenvalue weighted by Crippen LogP contribution is -2.47. The molecular weight excluding hydrogens is 406 g/mol. The van der Waals surface area contributed by atoms with E-state index in [1.807, 2.05) is 5.32 Å². The number of hydrogen-bond donors (Lipinski definition) is 2. The van der Waals surface area contributed by atoms with E-state index in [0.717, 1.165) is 16.8 Å². The zero-order chi connectivity index (χ0) is 21.1. The largest absolute Gasteiger partial charge is 0.424 e. The molecule has 0 saturated heterocycles. The summed E-state index contributed by atoms with van der Waals surface area (Å²) >= 11 is 5.52. The Bertz CT molecular complexity index is 885. The molecule has 1 unspecified atom stereocenters. The summed E-state index contributed by atoms with van der Waals surface area (Å²) in [5.41, 5.74) is -3.12. The summed E-state index contributed by atoms with van der Waals surface area (Å²) < 4.78 is 54.4. The second-order valence-corrected chi connectivity index (χ2v) is 6.48. The molecule has 0 bridgehead atoms. The van der Waals surface area contributed by atoms with E-state index in [2.05, 4.69) is 4.98 Å². The van der Waals surface area contributed by atoms with Crippen molar-refractivity contribution in [3.05, 3.63) is 52.8 Å². The van der Waals surface area contributed by atoms with Crippen molar-refractivity contribution in [2.45, 2.75) is 24.6 Å². The average Bonchev–Trinajstić information content (AvgIpc) is 3.03. The van der Waals surface area contributed by atoms with E-state index in [4.69, 9.17) is 11.6 Å². The highest BCUT2D eigenvalue weighted by Crippen LogP contribution is 2.40. The lowest BCUT2D eigenvalue weighted by molar-refractivity contribution is -0.272. The minimum absolute atomic E-state index is 0.152. The summed E-state index contributed by atoms with van der Waals surface area (Å²) in [6, 6.07) is 3.55. The molecule has 0 aliphatic heterocycles. The van der Waals surface area contributed by atoms with E-state index in [1.165, 1.54) is 25.4 Å². The third-order valence-corrected chi connectivity index (χ3v) is 4.34. The van der Waals surface area contributed by atoms with Gasteiger partial charge in [0.25, 0.3) is 5.91 Å². The van der Waals surface area contributed by atoms with Gasteiger partial charge in [-0.3, -0.25) is 9.59 Å². The molecule has 2 rings (SSSR count). The van der Waals surface area contributed by atoms with Gasteiger partial charge in [-0.15, -0.1) is 0 Å². The van der Waals surface area contributed by atoms with Crippen LogP contribution in [-0.2, 0) is 28.7 Å². The third kappa shape index (κ3) is 4.68. The van der Waals surface area contributed by atoms with Crippen molar-refractivity contribution in [2.24, 2.45) is 7.05 Å². The number of aromatic nitrogens is 2. The Morgan fingerprint density at radius 2 is 2.00 bits per heavy atom. The van der Waals surface area contributed by atoms with Gasteiger partial charge >= 0.3 is 6.18 Å². The number of nitrogens with one attached hydrogen (secondary N) is 1. The number of amides is 1. The van der Waals surface area contributed by atoms with Crippen LogP contribution in [0.25, 0.3) is 0 Å². The van der Waals surface area contributed by atoms with E-state index in [1.54, 1.807) is 0 Å². The van der Waals surface area contributed by atoms with Crippen molar-refractivity contribution in [1.29, 1.82) is 0 Å². The molecule has 28 heavy (non-hydrogen) atoms. The number of hydrogen-bond acceptors (Lipinski definition) is 4. The standard InChI is InChI=1S/C17H16ClF4N3O3/c1-25-7-6-24-15(25)16(28,17(20,21)22)4-5-23-14(27)13(26)9-10-2-3-11(18)12(19)8-10/h2-3,6-8,28H,4-5,9H2,1H3,(H,23,27). The Morgan fingerprint density at radius 1 is 1.32 bits per heavy atom. The fourth-order valence-corrected chi connectivity index (χ4v) is 2.63. The Balaban J connectivity index is 2.00. The summed E-state index contributed by atoms with van der Waals surface area (Å²) in [5, 5.41) is 12.0. The smallest absolute Gasteiger partial charge is 0.374 e. The van der Waals surface area contributed by atoms with Crippen molar-refractivity contribution >= 4 is 23.3 Å². The molecule has 1 aromatic heterocycles. The number of aryl methyl sites for hydroxylation is 1. The Kier molecular flexibility index (Phi) is 6.45.